The third kappa shape index (κ3) is 1.87. The van der Waals surface area contributed by atoms with Crippen molar-refractivity contribution >= 4 is 28.4 Å². The van der Waals surface area contributed by atoms with E-state index in [9.17, 15) is 4.79 Å². The Morgan fingerprint density at radius 2 is 1.54 bits per heavy atom. The van der Waals surface area contributed by atoms with Crippen LogP contribution in [0.2, 0.25) is 0 Å². The van der Waals surface area contributed by atoms with Gasteiger partial charge in [0.05, 0.1) is 5.39 Å². The molecule has 1 aliphatic rings. The SMILES string of the molecule is O=C1c2ccccc2-c2onc3c(Sc4ccccc4)ccc1c23. The van der Waals surface area contributed by atoms with Gasteiger partial charge in [0, 0.05) is 26.5 Å². The molecule has 0 atom stereocenters. The van der Waals surface area contributed by atoms with E-state index in [4.69, 9.17) is 4.52 Å². The summed E-state index contributed by atoms with van der Waals surface area (Å²) in [4.78, 5) is 14.9. The van der Waals surface area contributed by atoms with Gasteiger partial charge in [-0.25, -0.2) is 0 Å². The molecule has 0 aliphatic heterocycles. The summed E-state index contributed by atoms with van der Waals surface area (Å²) in [5, 5.41) is 5.09. The molecule has 114 valence electrons. The van der Waals surface area contributed by atoms with Gasteiger partial charge in [-0.15, -0.1) is 0 Å². The summed E-state index contributed by atoms with van der Waals surface area (Å²) in [5.74, 6) is 0.716. The first-order chi connectivity index (χ1) is 11.8. The van der Waals surface area contributed by atoms with Crippen LogP contribution < -0.4 is 0 Å². The Kier molecular flexibility index (Phi) is 2.87. The number of nitrogens with zero attached hydrogens (tertiary/aromatic N) is 1. The second-order valence-corrected chi connectivity index (χ2v) is 6.75. The normalized spacial score (nSPS) is 12.4. The van der Waals surface area contributed by atoms with Crippen molar-refractivity contribution in [1.29, 1.82) is 0 Å². The van der Waals surface area contributed by atoms with Crippen LogP contribution in [0.15, 0.2) is 81.0 Å². The maximum absolute atomic E-state index is 12.8. The monoisotopic (exact) mass is 329 g/mol. The van der Waals surface area contributed by atoms with E-state index in [2.05, 4.69) is 17.3 Å². The van der Waals surface area contributed by atoms with Gasteiger partial charge in [-0.2, -0.15) is 0 Å². The Hall–Kier alpha value is -2.85. The van der Waals surface area contributed by atoms with Gasteiger partial charge < -0.3 is 4.52 Å². The molecule has 3 nitrogen and oxygen atoms in total. The predicted octanol–water partition coefficient (Wildman–Crippen LogP) is 5.19. The Balaban J connectivity index is 1.75. The largest absolute Gasteiger partial charge is 0.355 e. The minimum absolute atomic E-state index is 0.0301. The smallest absolute Gasteiger partial charge is 0.194 e. The topological polar surface area (TPSA) is 43.1 Å². The van der Waals surface area contributed by atoms with E-state index < -0.39 is 0 Å². The molecule has 1 aliphatic carbocycles. The van der Waals surface area contributed by atoms with Gasteiger partial charge in [0.1, 0.15) is 5.52 Å². The standard InChI is InChI=1S/C20H11NO2S/c22-19-13-8-4-5-9-14(13)20-17-15(19)10-11-16(18(17)21-23-20)24-12-6-2-1-3-7-12/h1-11H. The molecule has 0 saturated heterocycles. The maximum atomic E-state index is 12.8. The van der Waals surface area contributed by atoms with E-state index >= 15 is 0 Å². The van der Waals surface area contributed by atoms with Gasteiger partial charge in [-0.1, -0.05) is 59.4 Å². The van der Waals surface area contributed by atoms with Crippen LogP contribution in [0.3, 0.4) is 0 Å². The highest BCUT2D eigenvalue weighted by Crippen LogP contribution is 2.43. The number of carbonyl (C=O) groups is 1. The fourth-order valence-electron chi connectivity index (χ4n) is 3.12. The van der Waals surface area contributed by atoms with Crippen molar-refractivity contribution in [2.24, 2.45) is 0 Å². The lowest BCUT2D eigenvalue weighted by Gasteiger charge is -2.14. The zero-order chi connectivity index (χ0) is 16.1. The van der Waals surface area contributed by atoms with Crippen molar-refractivity contribution in [2.45, 2.75) is 9.79 Å². The molecule has 3 aromatic carbocycles. The summed E-state index contributed by atoms with van der Waals surface area (Å²) >= 11 is 1.62. The second kappa shape index (κ2) is 5.08. The molecular formula is C20H11NO2S. The molecule has 0 spiro atoms. The van der Waals surface area contributed by atoms with E-state index in [0.29, 0.717) is 16.9 Å². The first kappa shape index (κ1) is 13.6. The highest BCUT2D eigenvalue weighted by Gasteiger charge is 2.29. The summed E-state index contributed by atoms with van der Waals surface area (Å²) in [6.07, 6.45) is 0. The summed E-state index contributed by atoms with van der Waals surface area (Å²) < 4.78 is 5.63. The van der Waals surface area contributed by atoms with Crippen molar-refractivity contribution in [2.75, 3.05) is 0 Å². The molecule has 24 heavy (non-hydrogen) atoms. The summed E-state index contributed by atoms with van der Waals surface area (Å²) in [5.41, 5.74) is 2.91. The highest BCUT2D eigenvalue weighted by molar-refractivity contribution is 7.99. The number of aromatic nitrogens is 1. The molecule has 1 heterocycles. The van der Waals surface area contributed by atoms with Gasteiger partial charge in [0.2, 0.25) is 0 Å². The minimum Gasteiger partial charge on any atom is -0.355 e. The zero-order valence-corrected chi connectivity index (χ0v) is 13.3. The van der Waals surface area contributed by atoms with E-state index in [1.54, 1.807) is 11.8 Å². The van der Waals surface area contributed by atoms with Crippen molar-refractivity contribution in [3.63, 3.8) is 0 Å². The van der Waals surface area contributed by atoms with Crippen LogP contribution in [0.4, 0.5) is 0 Å². The molecule has 1 aromatic heterocycles. The quantitative estimate of drug-likeness (QED) is 0.447. The van der Waals surface area contributed by atoms with Gasteiger partial charge in [-0.3, -0.25) is 4.79 Å². The molecular weight excluding hydrogens is 318 g/mol. The van der Waals surface area contributed by atoms with E-state index in [-0.39, 0.29) is 5.78 Å². The molecule has 4 heteroatoms. The fourth-order valence-corrected chi connectivity index (χ4v) is 4.04. The van der Waals surface area contributed by atoms with E-state index in [1.165, 1.54) is 0 Å². The maximum Gasteiger partial charge on any atom is 0.194 e. The van der Waals surface area contributed by atoms with Gasteiger partial charge in [0.15, 0.2) is 11.5 Å². The molecule has 0 bridgehead atoms. The summed E-state index contributed by atoms with van der Waals surface area (Å²) in [6, 6.07) is 21.5. The van der Waals surface area contributed by atoms with Gasteiger partial charge in [0.25, 0.3) is 0 Å². The average molecular weight is 329 g/mol. The zero-order valence-electron chi connectivity index (χ0n) is 12.5. The second-order valence-electron chi connectivity index (χ2n) is 5.64. The number of hydrogen-bond acceptors (Lipinski definition) is 4. The summed E-state index contributed by atoms with van der Waals surface area (Å²) in [7, 11) is 0. The van der Waals surface area contributed by atoms with Crippen molar-refractivity contribution in [1.82, 2.24) is 5.16 Å². The van der Waals surface area contributed by atoms with Crippen LogP contribution >= 0.6 is 11.8 Å². The van der Waals surface area contributed by atoms with Crippen molar-refractivity contribution in [3.8, 4) is 11.3 Å². The lowest BCUT2D eigenvalue weighted by atomic mass is 9.88. The molecule has 0 unspecified atom stereocenters. The molecule has 0 radical (unpaired) electrons. The molecule has 0 fully saturated rings. The van der Waals surface area contributed by atoms with E-state index in [1.807, 2.05) is 54.6 Å². The van der Waals surface area contributed by atoms with Crippen LogP contribution in [0.1, 0.15) is 15.9 Å². The predicted molar refractivity (Wildman–Crippen MR) is 93.4 cm³/mol. The van der Waals surface area contributed by atoms with Crippen LogP contribution in [0, 0.1) is 0 Å². The third-order valence-electron chi connectivity index (χ3n) is 4.23. The van der Waals surface area contributed by atoms with Crippen LogP contribution in [0.25, 0.3) is 22.2 Å². The average Bonchev–Trinajstić information content (AvgIpc) is 3.08. The number of benzene rings is 3. The number of fused-ring (bicyclic) bond motifs is 2. The fraction of sp³-hybridized carbons (Fsp3) is 0. The summed E-state index contributed by atoms with van der Waals surface area (Å²) in [6.45, 7) is 0. The first-order valence-corrected chi connectivity index (χ1v) is 8.44. The number of ketones is 1. The molecule has 0 saturated carbocycles. The first-order valence-electron chi connectivity index (χ1n) is 7.62. The molecule has 0 N–H and O–H groups in total. The van der Waals surface area contributed by atoms with Crippen LogP contribution in [0.5, 0.6) is 0 Å². The molecule has 5 rings (SSSR count). The lowest BCUT2D eigenvalue weighted by Crippen LogP contribution is -2.08. The lowest BCUT2D eigenvalue weighted by molar-refractivity contribution is 0.103. The number of carbonyl (C=O) groups excluding carboxylic acids is 1. The Bertz CT molecular complexity index is 1100. The van der Waals surface area contributed by atoms with Crippen LogP contribution in [-0.2, 0) is 0 Å². The van der Waals surface area contributed by atoms with Gasteiger partial charge >= 0.3 is 0 Å². The Labute approximate surface area is 142 Å². The number of rotatable bonds is 2. The van der Waals surface area contributed by atoms with Crippen molar-refractivity contribution < 1.29 is 9.32 Å². The molecule has 0 amide bonds. The number of hydrogen-bond donors (Lipinski definition) is 0. The minimum atomic E-state index is 0.0301. The Morgan fingerprint density at radius 3 is 2.38 bits per heavy atom. The molecule has 4 aromatic rings. The van der Waals surface area contributed by atoms with Gasteiger partial charge in [-0.05, 0) is 24.3 Å². The third-order valence-corrected chi connectivity index (χ3v) is 5.29. The van der Waals surface area contributed by atoms with Crippen molar-refractivity contribution in [3.05, 3.63) is 77.9 Å². The van der Waals surface area contributed by atoms with E-state index in [0.717, 1.165) is 26.3 Å². The Morgan fingerprint density at radius 1 is 0.792 bits per heavy atom. The van der Waals surface area contributed by atoms with Crippen LogP contribution in [-0.4, -0.2) is 10.9 Å². The highest BCUT2D eigenvalue weighted by atomic mass is 32.2.